The van der Waals surface area contributed by atoms with E-state index in [0.717, 1.165) is 37.2 Å². The number of nitrogens with one attached hydrogen (secondary N) is 1. The van der Waals surface area contributed by atoms with Crippen LogP contribution in [0.15, 0.2) is 18.2 Å². The molecule has 1 aromatic rings. The van der Waals surface area contributed by atoms with Crippen LogP contribution in [-0.4, -0.2) is 32.3 Å². The van der Waals surface area contributed by atoms with Crippen molar-refractivity contribution in [1.29, 1.82) is 0 Å². The van der Waals surface area contributed by atoms with Crippen molar-refractivity contribution in [2.24, 2.45) is 0 Å². The van der Waals surface area contributed by atoms with Gasteiger partial charge in [-0.2, -0.15) is 0 Å². The average molecular weight is 249 g/mol. The fourth-order valence-electron chi connectivity index (χ4n) is 2.14. The maximum atomic E-state index is 11.4. The molecule has 1 unspecified atom stereocenters. The van der Waals surface area contributed by atoms with Crippen molar-refractivity contribution in [3.8, 4) is 0 Å². The standard InChI is InChI=1S/C14H19NO3/c1-10-8-11(14(16)17-2)5-6-13(10)15-9-12-4-3-7-18-12/h5-6,8,12,15H,3-4,7,9H2,1-2H3. The number of hydrogen-bond acceptors (Lipinski definition) is 4. The molecule has 0 radical (unpaired) electrons. The van der Waals surface area contributed by atoms with E-state index in [1.807, 2.05) is 19.1 Å². The third-order valence-corrected chi connectivity index (χ3v) is 3.19. The molecule has 0 spiro atoms. The zero-order valence-corrected chi connectivity index (χ0v) is 10.9. The first-order chi connectivity index (χ1) is 8.70. The average Bonchev–Trinajstić information content (AvgIpc) is 2.89. The van der Waals surface area contributed by atoms with Gasteiger partial charge in [0.05, 0.1) is 18.8 Å². The van der Waals surface area contributed by atoms with E-state index in [1.165, 1.54) is 7.11 Å². The number of anilines is 1. The molecule has 1 heterocycles. The van der Waals surface area contributed by atoms with E-state index in [2.05, 4.69) is 5.32 Å². The van der Waals surface area contributed by atoms with Gasteiger partial charge in [0.1, 0.15) is 0 Å². The van der Waals surface area contributed by atoms with Crippen LogP contribution in [0.2, 0.25) is 0 Å². The fourth-order valence-corrected chi connectivity index (χ4v) is 2.14. The summed E-state index contributed by atoms with van der Waals surface area (Å²) in [4.78, 5) is 11.4. The predicted molar refractivity (Wildman–Crippen MR) is 70.0 cm³/mol. The second-order valence-electron chi connectivity index (χ2n) is 4.54. The molecule has 0 saturated carbocycles. The molecule has 98 valence electrons. The lowest BCUT2D eigenvalue weighted by atomic mass is 10.1. The molecule has 1 fully saturated rings. The largest absolute Gasteiger partial charge is 0.465 e. The van der Waals surface area contributed by atoms with Crippen LogP contribution in [0.3, 0.4) is 0 Å². The first-order valence-corrected chi connectivity index (χ1v) is 6.25. The van der Waals surface area contributed by atoms with E-state index in [-0.39, 0.29) is 5.97 Å². The van der Waals surface area contributed by atoms with Crippen LogP contribution in [0, 0.1) is 6.92 Å². The molecule has 0 bridgehead atoms. The Labute approximate surface area is 107 Å². The Balaban J connectivity index is 1.98. The number of carbonyl (C=O) groups excluding carboxylic acids is 1. The molecule has 1 N–H and O–H groups in total. The monoisotopic (exact) mass is 249 g/mol. The van der Waals surface area contributed by atoms with Gasteiger partial charge in [0.2, 0.25) is 0 Å². The van der Waals surface area contributed by atoms with Crippen molar-refractivity contribution in [3.63, 3.8) is 0 Å². The Morgan fingerprint density at radius 2 is 2.39 bits per heavy atom. The number of benzene rings is 1. The highest BCUT2D eigenvalue weighted by molar-refractivity contribution is 5.90. The summed E-state index contributed by atoms with van der Waals surface area (Å²) in [5, 5.41) is 3.36. The van der Waals surface area contributed by atoms with Crippen molar-refractivity contribution in [2.45, 2.75) is 25.9 Å². The lowest BCUT2D eigenvalue weighted by Crippen LogP contribution is -2.18. The Morgan fingerprint density at radius 1 is 1.56 bits per heavy atom. The van der Waals surface area contributed by atoms with Gasteiger partial charge in [-0.3, -0.25) is 0 Å². The third-order valence-electron chi connectivity index (χ3n) is 3.19. The Hall–Kier alpha value is -1.55. The highest BCUT2D eigenvalue weighted by Gasteiger charge is 2.15. The molecule has 0 aliphatic carbocycles. The van der Waals surface area contributed by atoms with Crippen molar-refractivity contribution < 1.29 is 14.3 Å². The maximum Gasteiger partial charge on any atom is 0.337 e. The van der Waals surface area contributed by atoms with Crippen LogP contribution in [0.5, 0.6) is 0 Å². The summed E-state index contributed by atoms with van der Waals surface area (Å²) in [6, 6.07) is 5.52. The summed E-state index contributed by atoms with van der Waals surface area (Å²) in [5.41, 5.74) is 2.66. The molecular weight excluding hydrogens is 230 g/mol. The highest BCUT2D eigenvalue weighted by atomic mass is 16.5. The van der Waals surface area contributed by atoms with E-state index >= 15 is 0 Å². The number of carbonyl (C=O) groups is 1. The first-order valence-electron chi connectivity index (χ1n) is 6.25. The SMILES string of the molecule is COC(=O)c1ccc(NCC2CCCO2)c(C)c1. The van der Waals surface area contributed by atoms with Crippen LogP contribution < -0.4 is 5.32 Å². The van der Waals surface area contributed by atoms with Crippen molar-refractivity contribution in [3.05, 3.63) is 29.3 Å². The van der Waals surface area contributed by atoms with Gasteiger partial charge in [-0.1, -0.05) is 0 Å². The number of ether oxygens (including phenoxy) is 2. The van der Waals surface area contributed by atoms with Crippen LogP contribution in [0.25, 0.3) is 0 Å². The zero-order valence-electron chi connectivity index (χ0n) is 10.9. The predicted octanol–water partition coefficient (Wildman–Crippen LogP) is 2.37. The van der Waals surface area contributed by atoms with Crippen molar-refractivity contribution in [1.82, 2.24) is 0 Å². The molecule has 1 aromatic carbocycles. The molecule has 1 atom stereocenters. The number of rotatable bonds is 4. The molecule has 0 amide bonds. The molecule has 2 rings (SSSR count). The highest BCUT2D eigenvalue weighted by Crippen LogP contribution is 2.19. The lowest BCUT2D eigenvalue weighted by Gasteiger charge is -2.14. The second kappa shape index (κ2) is 5.87. The van der Waals surface area contributed by atoms with Gasteiger partial charge in [0.15, 0.2) is 0 Å². The van der Waals surface area contributed by atoms with Gasteiger partial charge >= 0.3 is 5.97 Å². The molecule has 4 nitrogen and oxygen atoms in total. The molecule has 1 saturated heterocycles. The summed E-state index contributed by atoms with van der Waals surface area (Å²) in [5.74, 6) is -0.302. The minimum Gasteiger partial charge on any atom is -0.465 e. The molecular formula is C14H19NO3. The number of esters is 1. The molecule has 18 heavy (non-hydrogen) atoms. The number of methoxy groups -OCH3 is 1. The lowest BCUT2D eigenvalue weighted by molar-refractivity contribution is 0.0600. The van der Waals surface area contributed by atoms with Gasteiger partial charge in [-0.15, -0.1) is 0 Å². The van der Waals surface area contributed by atoms with E-state index in [1.54, 1.807) is 6.07 Å². The molecule has 1 aliphatic rings. The summed E-state index contributed by atoms with van der Waals surface area (Å²) in [7, 11) is 1.39. The van der Waals surface area contributed by atoms with Gasteiger partial charge < -0.3 is 14.8 Å². The number of hydrogen-bond donors (Lipinski definition) is 1. The van der Waals surface area contributed by atoms with Crippen LogP contribution in [0.4, 0.5) is 5.69 Å². The van der Waals surface area contributed by atoms with E-state index in [0.29, 0.717) is 11.7 Å². The van der Waals surface area contributed by atoms with Gasteiger partial charge in [-0.25, -0.2) is 4.79 Å². The van der Waals surface area contributed by atoms with Crippen LogP contribution in [-0.2, 0) is 9.47 Å². The van der Waals surface area contributed by atoms with E-state index in [9.17, 15) is 4.79 Å². The second-order valence-corrected chi connectivity index (χ2v) is 4.54. The van der Waals surface area contributed by atoms with Crippen LogP contribution in [0.1, 0.15) is 28.8 Å². The molecule has 4 heteroatoms. The maximum absolute atomic E-state index is 11.4. The van der Waals surface area contributed by atoms with Gasteiger partial charge in [0, 0.05) is 18.8 Å². The molecule has 1 aliphatic heterocycles. The van der Waals surface area contributed by atoms with Gasteiger partial charge in [0.25, 0.3) is 0 Å². The Morgan fingerprint density at radius 3 is 3.00 bits per heavy atom. The summed E-state index contributed by atoms with van der Waals surface area (Å²) in [6.45, 7) is 3.66. The zero-order chi connectivity index (χ0) is 13.0. The normalized spacial score (nSPS) is 18.7. The van der Waals surface area contributed by atoms with Crippen molar-refractivity contribution >= 4 is 11.7 Å². The summed E-state index contributed by atoms with van der Waals surface area (Å²) >= 11 is 0. The minimum absolute atomic E-state index is 0.302. The Kier molecular flexibility index (Phi) is 4.20. The number of aryl methyl sites for hydroxylation is 1. The third kappa shape index (κ3) is 3.01. The smallest absolute Gasteiger partial charge is 0.337 e. The summed E-state index contributed by atoms with van der Waals surface area (Å²) in [6.07, 6.45) is 2.57. The minimum atomic E-state index is -0.302. The summed E-state index contributed by atoms with van der Waals surface area (Å²) < 4.78 is 10.3. The molecule has 0 aromatic heterocycles. The first kappa shape index (κ1) is 12.9. The van der Waals surface area contributed by atoms with E-state index < -0.39 is 0 Å². The van der Waals surface area contributed by atoms with Crippen molar-refractivity contribution in [2.75, 3.05) is 25.6 Å². The van der Waals surface area contributed by atoms with Gasteiger partial charge in [-0.05, 0) is 43.5 Å². The topological polar surface area (TPSA) is 47.6 Å². The Bertz CT molecular complexity index is 425. The fraction of sp³-hybridized carbons (Fsp3) is 0.500. The van der Waals surface area contributed by atoms with Crippen LogP contribution >= 0.6 is 0 Å². The quantitative estimate of drug-likeness (QED) is 0.832. The van der Waals surface area contributed by atoms with E-state index in [4.69, 9.17) is 9.47 Å².